The Labute approximate surface area is 381 Å². The lowest BCUT2D eigenvalue weighted by atomic mass is 9.78. The summed E-state index contributed by atoms with van der Waals surface area (Å²) in [5.74, 6) is -0.684. The number of ether oxygens (including phenoxy) is 1. The number of phenolic OH excluding ortho intramolecular Hbond substituents is 1. The van der Waals surface area contributed by atoms with Gasteiger partial charge in [-0.15, -0.1) is 0 Å². The number of aromatic hydroxyl groups is 1. The quantitative estimate of drug-likeness (QED) is 0.148. The summed E-state index contributed by atoms with van der Waals surface area (Å²) in [6, 6.07) is 14.4. The van der Waals surface area contributed by atoms with E-state index in [1.54, 1.807) is 30.5 Å². The number of rotatable bonds is 10. The minimum Gasteiger partial charge on any atom is -0.508 e. The highest BCUT2D eigenvalue weighted by atomic mass is 19.1. The van der Waals surface area contributed by atoms with E-state index in [-0.39, 0.29) is 35.8 Å². The molecule has 0 spiro atoms. The molecule has 2 aromatic heterocycles. The van der Waals surface area contributed by atoms with Gasteiger partial charge in [-0.2, -0.15) is 9.97 Å². The Balaban J connectivity index is 0.735. The Morgan fingerprint density at radius 1 is 0.818 bits per heavy atom. The summed E-state index contributed by atoms with van der Waals surface area (Å²) in [7, 11) is 0. The minimum atomic E-state index is -0.981. The van der Waals surface area contributed by atoms with E-state index < -0.39 is 35.5 Å². The summed E-state index contributed by atoms with van der Waals surface area (Å²) in [6.45, 7) is 8.22. The van der Waals surface area contributed by atoms with E-state index in [2.05, 4.69) is 32.3 Å². The number of pyridine rings is 1. The van der Waals surface area contributed by atoms with Gasteiger partial charge < -0.3 is 25.0 Å². The van der Waals surface area contributed by atoms with Crippen LogP contribution in [0.25, 0.3) is 32.9 Å². The lowest BCUT2D eigenvalue weighted by Crippen LogP contribution is -2.54. The molecule has 6 aliphatic rings. The Bertz CT molecular complexity index is 2780. The van der Waals surface area contributed by atoms with E-state index in [1.165, 1.54) is 0 Å². The number of carbonyl (C=O) groups excluding carboxylic acids is 4. The van der Waals surface area contributed by atoms with Crippen molar-refractivity contribution >= 4 is 56.8 Å². The largest absolute Gasteiger partial charge is 0.508 e. The van der Waals surface area contributed by atoms with Gasteiger partial charge in [0.1, 0.15) is 35.4 Å². The second-order valence-electron chi connectivity index (χ2n) is 18.9. The SMILES string of the molecule is CCc1cccc2cc(O)cc(-c3ncc4c(N5CC6CCC(C5)N6)nc(OCCN5CCC(C6CCN(c7ccc8c(c7)C(=O)N(C7CCC(=O)NC7=O)C8=O)CC6)CC5)nc4c3F)c12. The molecule has 11 rings (SSSR count). The molecule has 5 saturated heterocycles. The van der Waals surface area contributed by atoms with Gasteiger partial charge in [0.05, 0.1) is 16.5 Å². The number of imide groups is 2. The second kappa shape index (κ2) is 17.2. The normalized spacial score (nSPS) is 23.1. The highest BCUT2D eigenvalue weighted by Crippen LogP contribution is 2.40. The van der Waals surface area contributed by atoms with E-state index in [4.69, 9.17) is 19.7 Å². The third-order valence-electron chi connectivity index (χ3n) is 15.1. The smallest absolute Gasteiger partial charge is 0.319 e. The van der Waals surface area contributed by atoms with E-state index in [0.717, 1.165) is 111 Å². The maximum Gasteiger partial charge on any atom is 0.319 e. The molecule has 3 N–H and O–H groups in total. The summed E-state index contributed by atoms with van der Waals surface area (Å²) in [5.41, 5.74) is 3.34. The van der Waals surface area contributed by atoms with Crippen LogP contribution in [0.2, 0.25) is 0 Å². The third kappa shape index (κ3) is 7.66. The fourth-order valence-corrected chi connectivity index (χ4v) is 11.7. The predicted molar refractivity (Wildman–Crippen MR) is 246 cm³/mol. The summed E-state index contributed by atoms with van der Waals surface area (Å²) < 4.78 is 23.4. The molecule has 8 heterocycles. The molecule has 66 heavy (non-hydrogen) atoms. The number of phenols is 1. The van der Waals surface area contributed by atoms with Crippen LogP contribution in [0.4, 0.5) is 15.9 Å². The van der Waals surface area contributed by atoms with Crippen LogP contribution in [-0.2, 0) is 16.0 Å². The topological polar surface area (TPSA) is 173 Å². The van der Waals surface area contributed by atoms with Gasteiger partial charge in [0, 0.05) is 68.7 Å². The fraction of sp³-hybridized carbons (Fsp3) is 0.460. The monoisotopic (exact) mass is 895 g/mol. The number of likely N-dealkylation sites (tertiary alicyclic amines) is 1. The highest BCUT2D eigenvalue weighted by molar-refractivity contribution is 6.23. The zero-order valence-corrected chi connectivity index (χ0v) is 37.1. The van der Waals surface area contributed by atoms with E-state index >= 15 is 4.39 Å². The first kappa shape index (κ1) is 42.4. The molecule has 2 bridgehead atoms. The maximum atomic E-state index is 17.0. The number of aryl methyl sites for hydroxylation is 1. The first-order valence-electron chi connectivity index (χ1n) is 23.7. The average Bonchev–Trinajstić information content (AvgIpc) is 3.80. The summed E-state index contributed by atoms with van der Waals surface area (Å²) in [4.78, 5) is 73.1. The maximum absolute atomic E-state index is 17.0. The number of piperazine rings is 1. The number of aromatic nitrogens is 3. The standard InChI is InChI=1S/C50H54FN9O6/c1-2-28-4-3-5-31-22-35(61)24-38(42(28)31)44-43(51)45-39(25-52-44)46(59-26-32-6-7-33(27-59)53-32)56-50(55-45)66-21-20-57-16-12-29(13-17-57)30-14-18-58(19-15-30)34-8-9-36-37(23-34)49(65)60(48(36)64)40-10-11-41(62)54-47(40)63/h3-5,8-9,22-25,29-30,32-33,40,53,61H,2,6-7,10-21,26-27H2,1H3,(H,54,62,63). The molecular weight excluding hydrogens is 842 g/mol. The zero-order chi connectivity index (χ0) is 45.2. The summed E-state index contributed by atoms with van der Waals surface area (Å²) >= 11 is 0. The number of nitrogens with zero attached hydrogens (tertiary/aromatic N) is 7. The number of halogens is 1. The van der Waals surface area contributed by atoms with Crippen molar-refractivity contribution in [2.75, 3.05) is 62.2 Å². The van der Waals surface area contributed by atoms with Crippen LogP contribution in [0.1, 0.15) is 84.6 Å². The number of hydrogen-bond donors (Lipinski definition) is 3. The molecule has 3 unspecified atom stereocenters. The van der Waals surface area contributed by atoms with Gasteiger partial charge in [-0.05, 0) is 123 Å². The number of nitrogens with one attached hydrogen (secondary N) is 2. The molecule has 6 aliphatic heterocycles. The van der Waals surface area contributed by atoms with E-state index in [9.17, 15) is 24.3 Å². The van der Waals surface area contributed by atoms with Crippen molar-refractivity contribution in [2.45, 2.75) is 82.8 Å². The number of anilines is 2. The molecular formula is C50H54FN9O6. The predicted octanol–water partition coefficient (Wildman–Crippen LogP) is 5.60. The molecule has 15 nitrogen and oxygen atoms in total. The van der Waals surface area contributed by atoms with Gasteiger partial charge in [-0.1, -0.05) is 25.1 Å². The lowest BCUT2D eigenvalue weighted by Gasteiger charge is -2.41. The van der Waals surface area contributed by atoms with Gasteiger partial charge in [0.2, 0.25) is 11.8 Å². The molecule has 3 aromatic carbocycles. The fourth-order valence-electron chi connectivity index (χ4n) is 11.7. The number of amides is 4. The molecule has 0 radical (unpaired) electrons. The van der Waals surface area contributed by atoms with Gasteiger partial charge in [0.25, 0.3) is 11.8 Å². The molecule has 4 amide bonds. The van der Waals surface area contributed by atoms with Crippen LogP contribution >= 0.6 is 0 Å². The van der Waals surface area contributed by atoms with Crippen molar-refractivity contribution in [3.8, 4) is 23.0 Å². The Morgan fingerprint density at radius 3 is 2.30 bits per heavy atom. The van der Waals surface area contributed by atoms with Crippen LogP contribution in [0.15, 0.2) is 54.7 Å². The molecule has 342 valence electrons. The zero-order valence-electron chi connectivity index (χ0n) is 37.1. The third-order valence-corrected chi connectivity index (χ3v) is 15.1. The molecule has 16 heteroatoms. The minimum absolute atomic E-state index is 0.0416. The van der Waals surface area contributed by atoms with Crippen LogP contribution in [0, 0.1) is 17.7 Å². The highest BCUT2D eigenvalue weighted by Gasteiger charge is 2.45. The molecule has 3 atom stereocenters. The number of carbonyl (C=O) groups is 4. The number of hydrogen-bond acceptors (Lipinski definition) is 13. The van der Waals surface area contributed by atoms with Crippen LogP contribution < -0.4 is 25.2 Å². The average molecular weight is 896 g/mol. The van der Waals surface area contributed by atoms with Gasteiger partial charge in [-0.25, -0.2) is 4.39 Å². The van der Waals surface area contributed by atoms with Crippen molar-refractivity contribution < 1.29 is 33.4 Å². The van der Waals surface area contributed by atoms with Crippen LogP contribution in [0.5, 0.6) is 11.8 Å². The van der Waals surface area contributed by atoms with Crippen LogP contribution in [-0.4, -0.2) is 124 Å². The molecule has 5 aromatic rings. The van der Waals surface area contributed by atoms with Gasteiger partial charge in [-0.3, -0.25) is 39.3 Å². The van der Waals surface area contributed by atoms with Crippen molar-refractivity contribution in [2.24, 2.45) is 11.8 Å². The Kier molecular flexibility index (Phi) is 11.0. The molecule has 5 fully saturated rings. The first-order chi connectivity index (χ1) is 32.1. The Morgan fingerprint density at radius 2 is 1.56 bits per heavy atom. The summed E-state index contributed by atoms with van der Waals surface area (Å²) in [6.07, 6.45) is 9.04. The number of fused-ring (bicyclic) bond motifs is 5. The van der Waals surface area contributed by atoms with Crippen molar-refractivity contribution in [3.05, 3.63) is 77.2 Å². The van der Waals surface area contributed by atoms with Crippen molar-refractivity contribution in [3.63, 3.8) is 0 Å². The number of benzene rings is 3. The van der Waals surface area contributed by atoms with Crippen LogP contribution in [0.3, 0.4) is 0 Å². The molecule has 0 saturated carbocycles. The van der Waals surface area contributed by atoms with Gasteiger partial charge in [0.15, 0.2) is 5.82 Å². The first-order valence-corrected chi connectivity index (χ1v) is 23.7. The summed E-state index contributed by atoms with van der Waals surface area (Å²) in [5, 5.41) is 18.9. The van der Waals surface area contributed by atoms with Gasteiger partial charge >= 0.3 is 6.01 Å². The van der Waals surface area contributed by atoms with E-state index in [1.807, 2.05) is 24.3 Å². The number of piperidine rings is 3. The Hall–Kier alpha value is -6.26. The second-order valence-corrected chi connectivity index (χ2v) is 18.9. The molecule has 0 aliphatic carbocycles. The van der Waals surface area contributed by atoms with Crippen molar-refractivity contribution in [1.82, 2.24) is 35.4 Å². The van der Waals surface area contributed by atoms with E-state index in [0.29, 0.717) is 65.0 Å². The van der Waals surface area contributed by atoms with Crippen molar-refractivity contribution in [1.29, 1.82) is 0 Å². The lowest BCUT2D eigenvalue weighted by molar-refractivity contribution is -0.136.